The van der Waals surface area contributed by atoms with Crippen molar-refractivity contribution in [1.82, 2.24) is 19.3 Å². The van der Waals surface area contributed by atoms with Gasteiger partial charge in [0.25, 0.3) is 0 Å². The van der Waals surface area contributed by atoms with Gasteiger partial charge < -0.3 is 9.30 Å². The molecule has 4 aromatic carbocycles. The molecule has 3 aromatic heterocycles. The van der Waals surface area contributed by atoms with Gasteiger partial charge in [0, 0.05) is 28.8 Å². The fraction of sp³-hybridized carbons (Fsp3) is 0.273. The molecule has 0 saturated heterocycles. The van der Waals surface area contributed by atoms with Crippen molar-refractivity contribution in [2.24, 2.45) is 0 Å². The third kappa shape index (κ3) is 6.56. The van der Waals surface area contributed by atoms with Crippen molar-refractivity contribution in [2.45, 2.75) is 79.6 Å². The van der Waals surface area contributed by atoms with E-state index in [2.05, 4.69) is 150 Å². The Labute approximate surface area is 310 Å². The predicted molar refractivity (Wildman–Crippen MR) is 202 cm³/mol. The van der Waals surface area contributed by atoms with Crippen molar-refractivity contribution in [3.8, 4) is 34.1 Å². The van der Waals surface area contributed by atoms with Crippen LogP contribution in [0.3, 0.4) is 0 Å². The summed E-state index contributed by atoms with van der Waals surface area (Å²) in [5.41, 5.74) is 11.0. The summed E-state index contributed by atoms with van der Waals surface area (Å²) in [7, 11) is 0. The third-order valence-corrected chi connectivity index (χ3v) is 9.62. The van der Waals surface area contributed by atoms with Crippen LogP contribution in [-0.2, 0) is 32.9 Å². The van der Waals surface area contributed by atoms with Crippen LogP contribution >= 0.6 is 0 Å². The number of aryl methyl sites for hydroxylation is 3. The Morgan fingerprint density at radius 3 is 2.34 bits per heavy atom. The quantitative estimate of drug-likeness (QED) is 0.143. The first-order chi connectivity index (χ1) is 23.5. The van der Waals surface area contributed by atoms with Crippen LogP contribution in [-0.4, -0.2) is 19.3 Å². The van der Waals surface area contributed by atoms with Crippen LogP contribution in [0.5, 0.6) is 11.5 Å². The summed E-state index contributed by atoms with van der Waals surface area (Å²) in [5.74, 6) is 2.41. The molecular weight excluding hydrogens is 796 g/mol. The summed E-state index contributed by atoms with van der Waals surface area (Å²) in [4.78, 5) is 4.86. The Balaban J connectivity index is 0.00000432. The zero-order valence-corrected chi connectivity index (χ0v) is 32.4. The van der Waals surface area contributed by atoms with Crippen molar-refractivity contribution in [3.05, 3.63) is 131 Å². The molecule has 7 rings (SSSR count). The number of hydrogen-bond donors (Lipinski definition) is 0. The normalized spacial score (nSPS) is 12.3. The van der Waals surface area contributed by atoms with E-state index < -0.39 is 0 Å². The minimum Gasteiger partial charge on any atom is -0.509 e. The van der Waals surface area contributed by atoms with E-state index >= 15 is 0 Å². The number of hydrogen-bond acceptors (Lipinski definition) is 3. The van der Waals surface area contributed by atoms with Gasteiger partial charge in [0.05, 0.1) is 11.4 Å². The summed E-state index contributed by atoms with van der Waals surface area (Å²) < 4.78 is 10.9. The van der Waals surface area contributed by atoms with Crippen LogP contribution < -0.4 is 4.74 Å². The van der Waals surface area contributed by atoms with Crippen molar-refractivity contribution in [3.63, 3.8) is 0 Å². The van der Waals surface area contributed by atoms with Gasteiger partial charge in [-0.15, -0.1) is 35.7 Å². The molecule has 0 aliphatic rings. The van der Waals surface area contributed by atoms with E-state index in [0.29, 0.717) is 17.4 Å². The zero-order chi connectivity index (χ0) is 34.4. The van der Waals surface area contributed by atoms with Crippen LogP contribution in [0.25, 0.3) is 44.4 Å². The molecule has 3 heterocycles. The van der Waals surface area contributed by atoms with Gasteiger partial charge in [0.2, 0.25) is 0 Å². The van der Waals surface area contributed by atoms with Crippen molar-refractivity contribution in [2.75, 3.05) is 0 Å². The number of fused-ring (bicyclic) bond motifs is 3. The first-order valence-electron chi connectivity index (χ1n) is 17.4. The Hall–Kier alpha value is -4.47. The molecule has 0 bridgehead atoms. The Bertz CT molecular complexity index is 2310. The van der Waals surface area contributed by atoms with E-state index in [1.54, 1.807) is 0 Å². The van der Waals surface area contributed by atoms with Gasteiger partial charge in [-0.25, -0.2) is 4.98 Å². The van der Waals surface area contributed by atoms with Crippen molar-refractivity contribution < 1.29 is 25.8 Å². The summed E-state index contributed by atoms with van der Waals surface area (Å²) in [6, 6.07) is 37.1. The molecule has 7 aromatic rings. The monoisotopic (exact) mass is 839 g/mol. The minimum absolute atomic E-state index is 0. The van der Waals surface area contributed by atoms with E-state index in [9.17, 15) is 0 Å². The largest absolute Gasteiger partial charge is 2.00 e. The Morgan fingerprint density at radius 2 is 1.62 bits per heavy atom. The molecule has 0 aliphatic carbocycles. The standard InChI is InChI=1S/C44H44N4O.Pt/c1-9-29(4)43-42(32-14-12-11-13-15-32)30(5)46-48(43)34-22-28(3)23-36(26-34)49-35-17-18-37-38-24-31(10-2)16-19-39(38)47(40(37)27-35)41-25-33(20-21-45-41)44(6,7)8;/h11-25,29H,9-10H2,1-8H3;/q-2;+2. The molecule has 1 atom stereocenters. The molecular formula is C44H44N4OPt. The fourth-order valence-corrected chi connectivity index (χ4v) is 6.79. The summed E-state index contributed by atoms with van der Waals surface area (Å²) in [5, 5.41) is 7.38. The number of ether oxygens (including phenoxy) is 1. The second-order valence-corrected chi connectivity index (χ2v) is 14.2. The van der Waals surface area contributed by atoms with Crippen molar-refractivity contribution in [1.29, 1.82) is 0 Å². The molecule has 0 spiro atoms. The van der Waals surface area contributed by atoms with Crippen LogP contribution in [0.1, 0.15) is 82.0 Å². The summed E-state index contributed by atoms with van der Waals surface area (Å²) in [6.45, 7) is 17.6. The fourth-order valence-electron chi connectivity index (χ4n) is 6.79. The van der Waals surface area contributed by atoms with Gasteiger partial charge in [-0.3, -0.25) is 4.68 Å². The average molecular weight is 840 g/mol. The second kappa shape index (κ2) is 14.0. The van der Waals surface area contributed by atoms with Gasteiger partial charge in [-0.1, -0.05) is 96.4 Å². The molecule has 0 N–H and O–H groups in total. The van der Waals surface area contributed by atoms with Gasteiger partial charge in [-0.05, 0) is 77.1 Å². The van der Waals surface area contributed by atoms with Gasteiger partial charge in [0.15, 0.2) is 0 Å². The van der Waals surface area contributed by atoms with E-state index in [-0.39, 0.29) is 26.5 Å². The SMILES string of the molecule is CCc1ccc2c(c1)c1ccc(Oc3[c-]c(-n4nc(C)c(-c5ccccc5)c4C(C)CC)cc(C)c3)[c-]c1n2-c1cc(C(C)(C)C)ccn1.[Pt+2]. The minimum atomic E-state index is -0.00765. The molecule has 0 fully saturated rings. The van der Waals surface area contributed by atoms with E-state index in [1.807, 2.05) is 18.3 Å². The molecule has 50 heavy (non-hydrogen) atoms. The Morgan fingerprint density at radius 1 is 0.840 bits per heavy atom. The summed E-state index contributed by atoms with van der Waals surface area (Å²) in [6.07, 6.45) is 3.87. The van der Waals surface area contributed by atoms with Gasteiger partial charge >= 0.3 is 21.1 Å². The maximum atomic E-state index is 6.60. The predicted octanol–water partition coefficient (Wildman–Crippen LogP) is 11.4. The van der Waals surface area contributed by atoms with Crippen LogP contribution in [0.2, 0.25) is 0 Å². The number of aromatic nitrogens is 4. The maximum Gasteiger partial charge on any atom is 2.00 e. The molecule has 0 radical (unpaired) electrons. The van der Waals surface area contributed by atoms with E-state index in [1.165, 1.54) is 33.3 Å². The van der Waals surface area contributed by atoms with Crippen LogP contribution in [0.15, 0.2) is 91.1 Å². The maximum absolute atomic E-state index is 6.60. The smallest absolute Gasteiger partial charge is 0.509 e. The van der Waals surface area contributed by atoms with Crippen LogP contribution in [0.4, 0.5) is 0 Å². The van der Waals surface area contributed by atoms with E-state index in [0.717, 1.165) is 52.0 Å². The molecule has 0 aliphatic heterocycles. The topological polar surface area (TPSA) is 44.9 Å². The van der Waals surface area contributed by atoms with Crippen LogP contribution in [0, 0.1) is 26.0 Å². The van der Waals surface area contributed by atoms with E-state index in [4.69, 9.17) is 14.8 Å². The molecule has 1 unspecified atom stereocenters. The zero-order valence-electron chi connectivity index (χ0n) is 30.2. The molecule has 5 nitrogen and oxygen atoms in total. The number of benzene rings is 4. The number of nitrogens with zero attached hydrogens (tertiary/aromatic N) is 4. The number of pyridine rings is 1. The molecule has 0 saturated carbocycles. The first-order valence-corrected chi connectivity index (χ1v) is 17.4. The molecule has 0 amide bonds. The third-order valence-electron chi connectivity index (χ3n) is 9.62. The van der Waals surface area contributed by atoms with Gasteiger partial charge in [0.1, 0.15) is 5.82 Å². The second-order valence-electron chi connectivity index (χ2n) is 14.2. The summed E-state index contributed by atoms with van der Waals surface area (Å²) >= 11 is 0. The number of rotatable bonds is 8. The van der Waals surface area contributed by atoms with Crippen molar-refractivity contribution >= 4 is 21.8 Å². The molecule has 6 heteroatoms. The average Bonchev–Trinajstić information content (AvgIpc) is 3.61. The Kier molecular flexibility index (Phi) is 9.93. The molecule has 256 valence electrons. The van der Waals surface area contributed by atoms with Gasteiger partial charge in [-0.2, -0.15) is 16.7 Å². The first kappa shape index (κ1) is 35.4.